The molecule has 0 radical (unpaired) electrons. The number of aryl methyl sites for hydroxylation is 1. The van der Waals surface area contributed by atoms with Crippen molar-refractivity contribution in [3.63, 3.8) is 0 Å². The molecule has 0 fully saturated rings. The van der Waals surface area contributed by atoms with Crippen LogP contribution < -0.4 is 4.74 Å². The van der Waals surface area contributed by atoms with Gasteiger partial charge in [0.05, 0.1) is 23.5 Å². The summed E-state index contributed by atoms with van der Waals surface area (Å²) in [5.74, 6) is 0.709. The molecule has 9 heteroatoms. The second-order valence-electron chi connectivity index (χ2n) is 7.22. The van der Waals surface area contributed by atoms with Gasteiger partial charge in [-0.15, -0.1) is 5.10 Å². The van der Waals surface area contributed by atoms with E-state index in [1.807, 2.05) is 35.0 Å². The lowest BCUT2D eigenvalue weighted by Gasteiger charge is -2.07. The molecule has 2 aromatic carbocycles. The number of ketones is 1. The summed E-state index contributed by atoms with van der Waals surface area (Å²) in [6, 6.07) is 12.1. The minimum Gasteiger partial charge on any atom is -0.487 e. The lowest BCUT2D eigenvalue weighted by atomic mass is 10.2. The average Bonchev–Trinajstić information content (AvgIpc) is 3.28. The number of benzene rings is 2. The Morgan fingerprint density at radius 1 is 1.06 bits per heavy atom. The van der Waals surface area contributed by atoms with Gasteiger partial charge >= 0.3 is 6.18 Å². The van der Waals surface area contributed by atoms with Gasteiger partial charge in [0.25, 0.3) is 0 Å². The van der Waals surface area contributed by atoms with Crippen LogP contribution in [0.3, 0.4) is 0 Å². The summed E-state index contributed by atoms with van der Waals surface area (Å²) in [5.41, 5.74) is 1.83. The van der Waals surface area contributed by atoms with Crippen LogP contribution in [0.4, 0.5) is 13.2 Å². The summed E-state index contributed by atoms with van der Waals surface area (Å²) in [6.45, 7) is 3.78. The first-order valence-corrected chi connectivity index (χ1v) is 9.52. The Morgan fingerprint density at radius 2 is 1.81 bits per heavy atom. The number of hydrogen-bond donors (Lipinski definition) is 0. The monoisotopic (exact) mass is 428 g/mol. The highest BCUT2D eigenvalue weighted by molar-refractivity contribution is 5.84. The number of hydrogen-bond acceptors (Lipinski definition) is 4. The van der Waals surface area contributed by atoms with Gasteiger partial charge in [0.2, 0.25) is 0 Å². The van der Waals surface area contributed by atoms with Crippen LogP contribution in [0.15, 0.2) is 54.7 Å². The lowest BCUT2D eigenvalue weighted by molar-refractivity contribution is -0.137. The van der Waals surface area contributed by atoms with Crippen molar-refractivity contribution in [1.29, 1.82) is 0 Å². The number of halogens is 3. The van der Waals surface area contributed by atoms with Crippen LogP contribution >= 0.6 is 0 Å². The number of nitrogens with zero attached hydrogens (tertiary/aromatic N) is 4. The van der Waals surface area contributed by atoms with Crippen molar-refractivity contribution in [1.82, 2.24) is 19.6 Å². The zero-order valence-corrected chi connectivity index (χ0v) is 16.8. The second kappa shape index (κ2) is 7.90. The number of rotatable bonds is 6. The molecule has 0 saturated carbocycles. The SMILES string of the molecule is CC(=O)Cn1ccc2cc(OCc3nn(-c4ccc(C(F)(F)F)cc4)nc3C)ccc21. The van der Waals surface area contributed by atoms with E-state index in [-0.39, 0.29) is 12.4 Å². The summed E-state index contributed by atoms with van der Waals surface area (Å²) in [5, 5.41) is 9.57. The van der Waals surface area contributed by atoms with Crippen LogP contribution in [-0.4, -0.2) is 25.3 Å². The average molecular weight is 428 g/mol. The smallest absolute Gasteiger partial charge is 0.416 e. The predicted octanol–water partition coefficient (Wildman–Crippen LogP) is 4.72. The van der Waals surface area contributed by atoms with E-state index in [1.54, 1.807) is 13.8 Å². The molecular formula is C22H19F3N4O2. The zero-order valence-electron chi connectivity index (χ0n) is 16.8. The van der Waals surface area contributed by atoms with Gasteiger partial charge in [-0.05, 0) is 62.4 Å². The van der Waals surface area contributed by atoms with Crippen molar-refractivity contribution in [3.8, 4) is 11.4 Å². The summed E-state index contributed by atoms with van der Waals surface area (Å²) < 4.78 is 45.9. The van der Waals surface area contributed by atoms with Crippen molar-refractivity contribution in [2.24, 2.45) is 0 Å². The third-order valence-electron chi connectivity index (χ3n) is 4.81. The Labute approximate surface area is 175 Å². The van der Waals surface area contributed by atoms with Gasteiger partial charge in [-0.25, -0.2) is 0 Å². The first kappa shape index (κ1) is 20.6. The van der Waals surface area contributed by atoms with Crippen molar-refractivity contribution < 1.29 is 22.7 Å². The van der Waals surface area contributed by atoms with Gasteiger partial charge in [0.15, 0.2) is 0 Å². The minimum atomic E-state index is -4.39. The van der Waals surface area contributed by atoms with Gasteiger partial charge in [0, 0.05) is 17.1 Å². The molecule has 0 aliphatic heterocycles. The number of alkyl halides is 3. The third-order valence-corrected chi connectivity index (χ3v) is 4.81. The fourth-order valence-corrected chi connectivity index (χ4v) is 3.24. The lowest BCUT2D eigenvalue weighted by Crippen LogP contribution is -2.06. The number of Topliss-reactive ketones (excluding diaryl/α,β-unsaturated/α-hetero) is 1. The number of ether oxygens (including phenoxy) is 1. The van der Waals surface area contributed by atoms with E-state index in [0.29, 0.717) is 29.4 Å². The second-order valence-corrected chi connectivity index (χ2v) is 7.22. The van der Waals surface area contributed by atoms with Gasteiger partial charge in [-0.2, -0.15) is 23.1 Å². The van der Waals surface area contributed by atoms with Crippen molar-refractivity contribution in [2.75, 3.05) is 0 Å². The Kier molecular flexibility index (Phi) is 5.26. The number of fused-ring (bicyclic) bond motifs is 1. The third kappa shape index (κ3) is 4.45. The normalized spacial score (nSPS) is 11.8. The van der Waals surface area contributed by atoms with Crippen LogP contribution in [-0.2, 0) is 24.1 Å². The first-order chi connectivity index (χ1) is 14.7. The van der Waals surface area contributed by atoms with Crippen LogP contribution in [0.25, 0.3) is 16.6 Å². The maximum Gasteiger partial charge on any atom is 0.416 e. The largest absolute Gasteiger partial charge is 0.487 e. The minimum absolute atomic E-state index is 0.0736. The number of carbonyl (C=O) groups excluding carboxylic acids is 1. The summed E-state index contributed by atoms with van der Waals surface area (Å²) in [4.78, 5) is 12.7. The molecule has 0 aliphatic rings. The van der Waals surface area contributed by atoms with Gasteiger partial charge < -0.3 is 9.30 Å². The van der Waals surface area contributed by atoms with Crippen LogP contribution in [0, 0.1) is 6.92 Å². The standard InChI is InChI=1S/C22H19F3N4O2/c1-14(30)12-28-10-9-16-11-19(7-8-21(16)28)31-13-20-15(2)26-29(27-20)18-5-3-17(4-6-18)22(23,24)25/h3-11H,12-13H2,1-2H3. The number of carbonyl (C=O) groups is 1. The van der Waals surface area contributed by atoms with Crippen LogP contribution in [0.5, 0.6) is 5.75 Å². The quantitative estimate of drug-likeness (QED) is 0.446. The van der Waals surface area contributed by atoms with E-state index < -0.39 is 11.7 Å². The van der Waals surface area contributed by atoms with Gasteiger partial charge in [0.1, 0.15) is 23.8 Å². The topological polar surface area (TPSA) is 61.9 Å². The summed E-state index contributed by atoms with van der Waals surface area (Å²) in [7, 11) is 0. The molecule has 2 heterocycles. The number of aromatic nitrogens is 4. The first-order valence-electron chi connectivity index (χ1n) is 9.52. The molecule has 4 aromatic rings. The van der Waals surface area contributed by atoms with Gasteiger partial charge in [-0.1, -0.05) is 0 Å². The zero-order chi connectivity index (χ0) is 22.2. The van der Waals surface area contributed by atoms with Crippen molar-refractivity contribution in [2.45, 2.75) is 33.2 Å². The molecule has 4 rings (SSSR count). The highest BCUT2D eigenvalue weighted by Crippen LogP contribution is 2.29. The fraction of sp³-hybridized carbons (Fsp3) is 0.227. The van der Waals surface area contributed by atoms with Crippen LogP contribution in [0.2, 0.25) is 0 Å². The molecule has 0 aliphatic carbocycles. The molecule has 0 amide bonds. The molecule has 6 nitrogen and oxygen atoms in total. The van der Waals surface area contributed by atoms with E-state index in [1.165, 1.54) is 16.9 Å². The molecule has 160 valence electrons. The molecule has 2 aromatic heterocycles. The van der Waals surface area contributed by atoms with E-state index in [4.69, 9.17) is 4.74 Å². The molecule has 0 saturated heterocycles. The summed E-state index contributed by atoms with van der Waals surface area (Å²) >= 11 is 0. The van der Waals surface area contributed by atoms with E-state index in [0.717, 1.165) is 23.0 Å². The maximum absolute atomic E-state index is 12.7. The van der Waals surface area contributed by atoms with E-state index >= 15 is 0 Å². The van der Waals surface area contributed by atoms with Crippen molar-refractivity contribution >= 4 is 16.7 Å². The molecule has 0 N–H and O–H groups in total. The van der Waals surface area contributed by atoms with E-state index in [9.17, 15) is 18.0 Å². The highest BCUT2D eigenvalue weighted by Gasteiger charge is 2.30. The van der Waals surface area contributed by atoms with E-state index in [2.05, 4.69) is 10.2 Å². The maximum atomic E-state index is 12.7. The van der Waals surface area contributed by atoms with Crippen molar-refractivity contribution in [3.05, 3.63) is 71.7 Å². The molecule has 31 heavy (non-hydrogen) atoms. The Bertz CT molecular complexity index is 1240. The van der Waals surface area contributed by atoms with Crippen LogP contribution in [0.1, 0.15) is 23.9 Å². The predicted molar refractivity (Wildman–Crippen MR) is 108 cm³/mol. The molecule has 0 bridgehead atoms. The molecule has 0 unspecified atom stereocenters. The Morgan fingerprint density at radius 3 is 2.48 bits per heavy atom. The van der Waals surface area contributed by atoms with Gasteiger partial charge in [-0.3, -0.25) is 4.79 Å². The highest BCUT2D eigenvalue weighted by atomic mass is 19.4. The molecule has 0 atom stereocenters. The fourth-order valence-electron chi connectivity index (χ4n) is 3.24. The molecular weight excluding hydrogens is 409 g/mol. The Hall–Kier alpha value is -3.62. The molecule has 0 spiro atoms. The Balaban J connectivity index is 1.48. The summed E-state index contributed by atoms with van der Waals surface area (Å²) in [6.07, 6.45) is -2.53.